The molecule has 3 rings (SSSR count). The quantitative estimate of drug-likeness (QED) is 0.793. The average Bonchev–Trinajstić information content (AvgIpc) is 3.10. The number of ether oxygens (including phenoxy) is 2. The third-order valence-corrected chi connectivity index (χ3v) is 5.84. The lowest BCUT2D eigenvalue weighted by Gasteiger charge is -2.34. The molecule has 1 amide bonds. The van der Waals surface area contributed by atoms with Gasteiger partial charge in [-0.15, -0.1) is 0 Å². The van der Waals surface area contributed by atoms with E-state index in [9.17, 15) is 9.59 Å². The lowest BCUT2D eigenvalue weighted by molar-refractivity contribution is -0.150. The van der Waals surface area contributed by atoms with E-state index in [4.69, 9.17) is 9.47 Å². The van der Waals surface area contributed by atoms with Gasteiger partial charge in [0.1, 0.15) is 5.75 Å². The summed E-state index contributed by atoms with van der Waals surface area (Å²) in [6.07, 6.45) is 6.69. The van der Waals surface area contributed by atoms with Gasteiger partial charge in [0.25, 0.3) is 5.91 Å². The molecule has 1 aromatic carbocycles. The van der Waals surface area contributed by atoms with Gasteiger partial charge in [0.2, 0.25) is 0 Å². The summed E-state index contributed by atoms with van der Waals surface area (Å²) in [5.41, 5.74) is 2.66. The van der Waals surface area contributed by atoms with E-state index in [0.717, 1.165) is 25.7 Å². The number of rotatable bonds is 6. The SMILES string of the molecule is C[C@H]1[C@H](C)CCC[C@H]1NC(=O)COC(=O)COc1ccc2c(c1)CCC2. The highest BCUT2D eigenvalue weighted by Crippen LogP contribution is 2.29. The minimum absolute atomic E-state index is 0.174. The molecular weight excluding hydrogens is 330 g/mol. The van der Waals surface area contributed by atoms with Crippen molar-refractivity contribution < 1.29 is 19.1 Å². The summed E-state index contributed by atoms with van der Waals surface area (Å²) in [7, 11) is 0. The Morgan fingerprint density at radius 3 is 2.73 bits per heavy atom. The number of esters is 1. The molecule has 0 bridgehead atoms. The van der Waals surface area contributed by atoms with E-state index in [0.29, 0.717) is 17.6 Å². The molecule has 0 aliphatic heterocycles. The second kappa shape index (κ2) is 8.56. The second-order valence-electron chi connectivity index (χ2n) is 7.67. The van der Waals surface area contributed by atoms with E-state index < -0.39 is 5.97 Å². The number of carbonyl (C=O) groups excluding carboxylic acids is 2. The van der Waals surface area contributed by atoms with Gasteiger partial charge in [-0.3, -0.25) is 4.79 Å². The minimum atomic E-state index is -0.522. The zero-order chi connectivity index (χ0) is 18.5. The molecule has 0 spiro atoms. The summed E-state index contributed by atoms with van der Waals surface area (Å²) < 4.78 is 10.5. The van der Waals surface area contributed by atoms with Crippen LogP contribution in [0.2, 0.25) is 0 Å². The summed E-state index contributed by atoms with van der Waals surface area (Å²) in [5.74, 6) is 0.980. The number of hydrogen-bond donors (Lipinski definition) is 1. The molecule has 26 heavy (non-hydrogen) atoms. The number of nitrogens with one attached hydrogen (secondary N) is 1. The number of fused-ring (bicyclic) bond motifs is 1. The van der Waals surface area contributed by atoms with Crippen molar-refractivity contribution in [3.05, 3.63) is 29.3 Å². The summed E-state index contributed by atoms with van der Waals surface area (Å²) >= 11 is 0. The van der Waals surface area contributed by atoms with Crippen molar-refractivity contribution in [3.8, 4) is 5.75 Å². The molecule has 3 atom stereocenters. The number of aryl methyl sites for hydroxylation is 2. The Morgan fingerprint density at radius 2 is 1.88 bits per heavy atom. The molecule has 5 heteroatoms. The van der Waals surface area contributed by atoms with Crippen LogP contribution in [-0.4, -0.2) is 31.1 Å². The Kier molecular flexibility index (Phi) is 6.17. The predicted octanol–water partition coefficient (Wildman–Crippen LogP) is 3.04. The highest BCUT2D eigenvalue weighted by atomic mass is 16.6. The molecule has 0 saturated heterocycles. The van der Waals surface area contributed by atoms with E-state index in [-0.39, 0.29) is 25.2 Å². The van der Waals surface area contributed by atoms with Crippen LogP contribution in [0.5, 0.6) is 5.75 Å². The summed E-state index contributed by atoms with van der Waals surface area (Å²) in [6, 6.07) is 6.11. The number of benzene rings is 1. The minimum Gasteiger partial charge on any atom is -0.482 e. The lowest BCUT2D eigenvalue weighted by atomic mass is 9.78. The van der Waals surface area contributed by atoms with E-state index >= 15 is 0 Å². The van der Waals surface area contributed by atoms with Crippen molar-refractivity contribution >= 4 is 11.9 Å². The summed E-state index contributed by atoms with van der Waals surface area (Å²) in [5, 5.41) is 3.00. The maximum Gasteiger partial charge on any atom is 0.344 e. The normalized spacial score (nSPS) is 24.6. The Bertz CT molecular complexity index is 657. The molecular formula is C21H29NO4. The maximum atomic E-state index is 12.0. The van der Waals surface area contributed by atoms with Crippen molar-refractivity contribution in [1.82, 2.24) is 5.32 Å². The second-order valence-corrected chi connectivity index (χ2v) is 7.67. The predicted molar refractivity (Wildman–Crippen MR) is 99.0 cm³/mol. The first-order valence-electron chi connectivity index (χ1n) is 9.72. The molecule has 5 nitrogen and oxygen atoms in total. The standard InChI is InChI=1S/C21H29NO4/c1-14-5-3-8-19(15(14)2)22-20(23)12-26-21(24)13-25-18-10-9-16-6-4-7-17(16)11-18/h9-11,14-15,19H,3-8,12-13H2,1-2H3,(H,22,23)/t14-,15+,19-/m1/s1. The zero-order valence-electron chi connectivity index (χ0n) is 15.8. The van der Waals surface area contributed by atoms with Gasteiger partial charge in [-0.2, -0.15) is 0 Å². The first-order chi connectivity index (χ1) is 12.5. The first-order valence-corrected chi connectivity index (χ1v) is 9.72. The number of carbonyl (C=O) groups is 2. The Balaban J connectivity index is 1.37. The van der Waals surface area contributed by atoms with Crippen LogP contribution in [0.4, 0.5) is 0 Å². The van der Waals surface area contributed by atoms with Gasteiger partial charge >= 0.3 is 5.97 Å². The van der Waals surface area contributed by atoms with Crippen LogP contribution in [-0.2, 0) is 27.2 Å². The Morgan fingerprint density at radius 1 is 1.08 bits per heavy atom. The molecule has 1 fully saturated rings. The fourth-order valence-corrected chi connectivity index (χ4v) is 4.00. The molecule has 1 N–H and O–H groups in total. The number of hydrogen-bond acceptors (Lipinski definition) is 4. The largest absolute Gasteiger partial charge is 0.482 e. The molecule has 0 radical (unpaired) electrons. The van der Waals surface area contributed by atoms with E-state index in [1.807, 2.05) is 12.1 Å². The van der Waals surface area contributed by atoms with Crippen LogP contribution >= 0.6 is 0 Å². The van der Waals surface area contributed by atoms with Gasteiger partial charge in [-0.25, -0.2) is 4.79 Å². The molecule has 0 heterocycles. The zero-order valence-corrected chi connectivity index (χ0v) is 15.8. The van der Waals surface area contributed by atoms with Crippen LogP contribution in [0.15, 0.2) is 18.2 Å². The smallest absolute Gasteiger partial charge is 0.344 e. The topological polar surface area (TPSA) is 64.6 Å². The summed E-state index contributed by atoms with van der Waals surface area (Å²) in [4.78, 5) is 23.9. The van der Waals surface area contributed by atoms with Gasteiger partial charge in [-0.05, 0) is 60.8 Å². The van der Waals surface area contributed by atoms with Crippen molar-refractivity contribution in [2.75, 3.05) is 13.2 Å². The highest BCUT2D eigenvalue weighted by Gasteiger charge is 2.28. The monoisotopic (exact) mass is 359 g/mol. The Labute approximate surface area is 155 Å². The van der Waals surface area contributed by atoms with E-state index in [1.165, 1.54) is 24.0 Å². The molecule has 142 valence electrons. The van der Waals surface area contributed by atoms with Gasteiger partial charge < -0.3 is 14.8 Å². The third-order valence-electron chi connectivity index (χ3n) is 5.84. The van der Waals surface area contributed by atoms with E-state index in [1.54, 1.807) is 0 Å². The third kappa shape index (κ3) is 4.77. The molecule has 1 saturated carbocycles. The van der Waals surface area contributed by atoms with Crippen LogP contribution in [0.25, 0.3) is 0 Å². The van der Waals surface area contributed by atoms with Crippen LogP contribution < -0.4 is 10.1 Å². The van der Waals surface area contributed by atoms with Gasteiger partial charge in [0.05, 0.1) is 0 Å². The first kappa shape index (κ1) is 18.7. The number of amides is 1. The highest BCUT2D eigenvalue weighted by molar-refractivity contribution is 5.81. The van der Waals surface area contributed by atoms with Crippen molar-refractivity contribution in [2.24, 2.45) is 11.8 Å². The molecule has 2 aliphatic rings. The fourth-order valence-electron chi connectivity index (χ4n) is 4.00. The van der Waals surface area contributed by atoms with Crippen LogP contribution in [0.1, 0.15) is 50.7 Å². The van der Waals surface area contributed by atoms with Gasteiger partial charge in [0.15, 0.2) is 13.2 Å². The molecule has 0 aromatic heterocycles. The van der Waals surface area contributed by atoms with Gasteiger partial charge in [-0.1, -0.05) is 32.8 Å². The fraction of sp³-hybridized carbons (Fsp3) is 0.619. The van der Waals surface area contributed by atoms with Crippen LogP contribution in [0.3, 0.4) is 0 Å². The molecule has 2 aliphatic carbocycles. The maximum absolute atomic E-state index is 12.0. The van der Waals surface area contributed by atoms with Gasteiger partial charge in [0, 0.05) is 6.04 Å². The Hall–Kier alpha value is -2.04. The molecule has 1 aromatic rings. The van der Waals surface area contributed by atoms with Crippen LogP contribution in [0, 0.1) is 11.8 Å². The van der Waals surface area contributed by atoms with Crippen molar-refractivity contribution in [3.63, 3.8) is 0 Å². The van der Waals surface area contributed by atoms with E-state index in [2.05, 4.69) is 25.2 Å². The van der Waals surface area contributed by atoms with Crippen molar-refractivity contribution in [2.45, 2.75) is 58.4 Å². The molecule has 0 unspecified atom stereocenters. The van der Waals surface area contributed by atoms with Crippen molar-refractivity contribution in [1.29, 1.82) is 0 Å². The average molecular weight is 359 g/mol. The summed E-state index contributed by atoms with van der Waals surface area (Å²) in [6.45, 7) is 3.97. The lowest BCUT2D eigenvalue weighted by Crippen LogP contribution is -2.45.